The second-order valence-electron chi connectivity index (χ2n) is 12.4. The van der Waals surface area contributed by atoms with Crippen molar-refractivity contribution in [2.75, 3.05) is 20.7 Å². The summed E-state index contributed by atoms with van der Waals surface area (Å²) in [5.41, 5.74) is 1.67. The number of methoxy groups -OCH3 is 1. The number of likely N-dealkylation sites (N-methyl/N-ethyl adjacent to an activating group) is 1. The van der Waals surface area contributed by atoms with E-state index in [4.69, 9.17) is 9.47 Å². The fraction of sp³-hybridized carbons (Fsp3) is 0.500. The first-order chi connectivity index (χ1) is 22.6. The Hall–Kier alpha value is -4.38. The molecular weight excluding hydrogens is 598 g/mol. The van der Waals surface area contributed by atoms with Crippen molar-refractivity contribution in [2.45, 2.75) is 83.6 Å². The Bertz CT molecular complexity index is 1430. The predicted molar refractivity (Wildman–Crippen MR) is 180 cm³/mol. The summed E-state index contributed by atoms with van der Waals surface area (Å²) in [7, 11) is 3.28. The average Bonchev–Trinajstić information content (AvgIpc) is 3.50. The van der Waals surface area contributed by atoms with Crippen molar-refractivity contribution in [3.8, 4) is 11.5 Å². The van der Waals surface area contributed by atoms with E-state index in [2.05, 4.69) is 21.3 Å². The quantitative estimate of drug-likeness (QED) is 0.294. The largest absolute Gasteiger partial charge is 0.496 e. The Morgan fingerprint density at radius 1 is 1.06 bits per heavy atom. The van der Waals surface area contributed by atoms with Crippen LogP contribution in [-0.2, 0) is 25.6 Å². The average molecular weight is 648 g/mol. The zero-order valence-corrected chi connectivity index (χ0v) is 28.2. The van der Waals surface area contributed by atoms with E-state index in [-0.39, 0.29) is 36.1 Å². The molecule has 2 aromatic rings. The molecule has 0 spiro atoms. The fourth-order valence-corrected chi connectivity index (χ4v) is 6.07. The summed E-state index contributed by atoms with van der Waals surface area (Å²) < 4.78 is 11.9. The van der Waals surface area contributed by atoms with E-state index in [9.17, 15) is 19.2 Å². The van der Waals surface area contributed by atoms with Crippen LogP contribution < -0.4 is 30.7 Å². The summed E-state index contributed by atoms with van der Waals surface area (Å²) >= 11 is 0. The molecule has 254 valence electrons. The van der Waals surface area contributed by atoms with Crippen molar-refractivity contribution in [3.05, 3.63) is 65.9 Å². The van der Waals surface area contributed by atoms with Gasteiger partial charge in [0.1, 0.15) is 35.7 Å². The van der Waals surface area contributed by atoms with Crippen LogP contribution in [0.15, 0.2) is 54.7 Å². The standard InChI is InChI=1S/C36H49N5O6/c1-7-22(3)30-34(43)38-18-16-25-21-26(14-15-28(25)46-6)47-29-17-19-41(32(29)35(44)39-30)36(45)31(23(4)8-2)40-33(42)27(37-5)20-24-12-10-9-11-13-24/h9-16,18,21-23,27,29-32,37H,7-8,17,19-20H2,1-6H3,(H,38,43)(H,39,44)(H,40,42)/b18-16-/t22-,23-,27-,29-,30-,31-,32-/m0/s1. The van der Waals surface area contributed by atoms with Gasteiger partial charge in [-0.3, -0.25) is 19.2 Å². The Balaban J connectivity index is 1.66. The molecular formula is C36H49N5O6. The van der Waals surface area contributed by atoms with Crippen molar-refractivity contribution in [2.24, 2.45) is 11.8 Å². The highest BCUT2D eigenvalue weighted by molar-refractivity contribution is 5.96. The molecule has 47 heavy (non-hydrogen) atoms. The number of amides is 4. The lowest BCUT2D eigenvalue weighted by atomic mass is 9.95. The molecule has 0 saturated carbocycles. The molecule has 4 rings (SSSR count). The Kier molecular flexibility index (Phi) is 12.4. The van der Waals surface area contributed by atoms with Crippen LogP contribution in [0.25, 0.3) is 6.08 Å². The van der Waals surface area contributed by atoms with Crippen LogP contribution in [-0.4, -0.2) is 79.5 Å². The number of nitrogens with one attached hydrogen (secondary N) is 4. The summed E-state index contributed by atoms with van der Waals surface area (Å²) in [6.07, 6.45) is 4.65. The van der Waals surface area contributed by atoms with Gasteiger partial charge in [0.05, 0.1) is 13.2 Å². The minimum atomic E-state index is -1.03. The maximum atomic E-state index is 14.4. The molecule has 0 aliphatic carbocycles. The van der Waals surface area contributed by atoms with Crippen LogP contribution >= 0.6 is 0 Å². The van der Waals surface area contributed by atoms with E-state index >= 15 is 0 Å². The first kappa shape index (κ1) is 35.5. The van der Waals surface area contributed by atoms with Gasteiger partial charge in [0, 0.05) is 24.7 Å². The lowest BCUT2D eigenvalue weighted by Crippen LogP contribution is -2.61. The number of carbonyl (C=O) groups excluding carboxylic acids is 4. The highest BCUT2D eigenvalue weighted by atomic mass is 16.5. The van der Waals surface area contributed by atoms with Crippen LogP contribution in [0.4, 0.5) is 0 Å². The van der Waals surface area contributed by atoms with Gasteiger partial charge >= 0.3 is 0 Å². The molecule has 0 aromatic heterocycles. The van der Waals surface area contributed by atoms with E-state index in [1.807, 2.05) is 58.0 Å². The number of likely N-dealkylation sites (tertiary alicyclic amines) is 1. The normalized spacial score (nSPS) is 22.8. The number of carbonyl (C=O) groups is 4. The van der Waals surface area contributed by atoms with Gasteiger partial charge in [-0.2, -0.15) is 0 Å². The second kappa shape index (κ2) is 16.4. The van der Waals surface area contributed by atoms with Gasteiger partial charge in [0.15, 0.2) is 0 Å². The molecule has 0 unspecified atom stereocenters. The van der Waals surface area contributed by atoms with E-state index < -0.39 is 36.2 Å². The molecule has 2 heterocycles. The molecule has 11 heteroatoms. The SMILES string of the molecule is CC[C@H](C)[C@@H]1NC(=O)[C@@H]2[C@H](CCN2C(=O)[C@@H](NC(=O)[C@H](Cc2ccccc2)NC)[C@@H](C)CC)Oc2ccc(OC)c(c2)/C=C\NC1=O. The molecule has 2 aromatic carbocycles. The molecule has 2 bridgehead atoms. The molecule has 7 atom stereocenters. The van der Waals surface area contributed by atoms with Crippen LogP contribution in [0.3, 0.4) is 0 Å². The smallest absolute Gasteiger partial charge is 0.247 e. The van der Waals surface area contributed by atoms with Crippen molar-refractivity contribution in [3.63, 3.8) is 0 Å². The zero-order valence-electron chi connectivity index (χ0n) is 28.2. The number of hydrogen-bond donors (Lipinski definition) is 4. The van der Waals surface area contributed by atoms with Gasteiger partial charge < -0.3 is 35.6 Å². The van der Waals surface area contributed by atoms with Crippen LogP contribution in [0.5, 0.6) is 11.5 Å². The summed E-state index contributed by atoms with van der Waals surface area (Å²) in [6, 6.07) is 11.6. The molecule has 4 N–H and O–H groups in total. The topological polar surface area (TPSA) is 138 Å². The fourth-order valence-electron chi connectivity index (χ4n) is 6.07. The lowest BCUT2D eigenvalue weighted by Gasteiger charge is -2.34. The molecule has 1 saturated heterocycles. The van der Waals surface area contributed by atoms with Crippen molar-refractivity contribution in [1.82, 2.24) is 26.2 Å². The van der Waals surface area contributed by atoms with Crippen LogP contribution in [0.2, 0.25) is 0 Å². The Morgan fingerprint density at radius 2 is 1.81 bits per heavy atom. The van der Waals surface area contributed by atoms with Gasteiger partial charge in [-0.25, -0.2) is 0 Å². The molecule has 2 aliphatic rings. The van der Waals surface area contributed by atoms with Gasteiger partial charge in [0.25, 0.3) is 0 Å². The molecule has 0 radical (unpaired) electrons. The van der Waals surface area contributed by atoms with Gasteiger partial charge in [-0.05, 0) is 55.1 Å². The van der Waals surface area contributed by atoms with Crippen LogP contribution in [0, 0.1) is 11.8 Å². The number of nitrogens with zero attached hydrogens (tertiary/aromatic N) is 1. The monoisotopic (exact) mass is 647 g/mol. The Morgan fingerprint density at radius 3 is 2.47 bits per heavy atom. The van der Waals surface area contributed by atoms with Crippen molar-refractivity contribution < 1.29 is 28.7 Å². The van der Waals surface area contributed by atoms with Gasteiger partial charge in [0.2, 0.25) is 23.6 Å². The third-order valence-corrected chi connectivity index (χ3v) is 9.39. The molecule has 2 aliphatic heterocycles. The second-order valence-corrected chi connectivity index (χ2v) is 12.4. The Labute approximate surface area is 277 Å². The molecule has 4 amide bonds. The van der Waals surface area contributed by atoms with Gasteiger partial charge in [-0.1, -0.05) is 70.9 Å². The molecule has 1 fully saturated rings. The van der Waals surface area contributed by atoms with E-state index in [0.717, 1.165) is 5.56 Å². The maximum Gasteiger partial charge on any atom is 0.247 e. The number of rotatable bonds is 11. The maximum absolute atomic E-state index is 14.4. The number of hydrogen-bond acceptors (Lipinski definition) is 7. The third-order valence-electron chi connectivity index (χ3n) is 9.39. The van der Waals surface area contributed by atoms with E-state index in [0.29, 0.717) is 42.7 Å². The summed E-state index contributed by atoms with van der Waals surface area (Å²) in [5, 5.41) is 11.8. The van der Waals surface area contributed by atoms with Crippen molar-refractivity contribution >= 4 is 29.7 Å². The zero-order chi connectivity index (χ0) is 34.1. The summed E-state index contributed by atoms with van der Waals surface area (Å²) in [4.78, 5) is 57.0. The van der Waals surface area contributed by atoms with Crippen molar-refractivity contribution in [1.29, 1.82) is 0 Å². The number of benzene rings is 2. The summed E-state index contributed by atoms with van der Waals surface area (Å²) in [6.45, 7) is 7.96. The minimum Gasteiger partial charge on any atom is -0.496 e. The van der Waals surface area contributed by atoms with Crippen LogP contribution in [0.1, 0.15) is 58.1 Å². The third kappa shape index (κ3) is 8.51. The first-order valence-electron chi connectivity index (χ1n) is 16.6. The van der Waals surface area contributed by atoms with E-state index in [1.54, 1.807) is 38.4 Å². The van der Waals surface area contributed by atoms with Gasteiger partial charge in [-0.15, -0.1) is 0 Å². The first-order valence-corrected chi connectivity index (χ1v) is 16.6. The van der Waals surface area contributed by atoms with E-state index in [1.165, 1.54) is 11.1 Å². The predicted octanol–water partition coefficient (Wildman–Crippen LogP) is 3.04. The number of ether oxygens (including phenoxy) is 2. The molecule has 11 nitrogen and oxygen atoms in total. The number of fused-ring (bicyclic) bond motifs is 3. The summed E-state index contributed by atoms with van der Waals surface area (Å²) in [5.74, 6) is -0.827. The minimum absolute atomic E-state index is 0.187. The highest BCUT2D eigenvalue weighted by Gasteiger charge is 2.47. The lowest BCUT2D eigenvalue weighted by molar-refractivity contribution is -0.145. The highest BCUT2D eigenvalue weighted by Crippen LogP contribution is 2.30.